The molecule has 8 heteroatoms. The first-order valence-corrected chi connectivity index (χ1v) is 10.2. The number of pyridine rings is 1. The molecule has 5 aromatic rings. The van der Waals surface area contributed by atoms with Gasteiger partial charge >= 0.3 is 0 Å². The van der Waals surface area contributed by atoms with E-state index in [1.165, 1.54) is 6.20 Å². The minimum atomic E-state index is -0.263. The van der Waals surface area contributed by atoms with Crippen LogP contribution in [0, 0.1) is 25.7 Å². The van der Waals surface area contributed by atoms with E-state index in [0.29, 0.717) is 22.5 Å². The average Bonchev–Trinajstić information content (AvgIpc) is 3.44. The van der Waals surface area contributed by atoms with E-state index in [-0.39, 0.29) is 5.91 Å². The SMILES string of the molecule is Cc1cc(NC(=O)c2cncc(C#Cc3cnc4cccnn34)c2)cc(-n2cnc(C)c2)c1. The van der Waals surface area contributed by atoms with Crippen molar-refractivity contribution in [2.24, 2.45) is 0 Å². The molecule has 0 saturated heterocycles. The van der Waals surface area contributed by atoms with Crippen LogP contribution in [-0.4, -0.2) is 35.0 Å². The fourth-order valence-corrected chi connectivity index (χ4v) is 3.43. The largest absolute Gasteiger partial charge is 0.322 e. The highest BCUT2D eigenvalue weighted by molar-refractivity contribution is 6.04. The van der Waals surface area contributed by atoms with Crippen molar-refractivity contribution in [3.05, 3.63) is 102 Å². The summed E-state index contributed by atoms with van der Waals surface area (Å²) in [6.45, 7) is 3.92. The second-order valence-corrected chi connectivity index (χ2v) is 7.58. The van der Waals surface area contributed by atoms with Crippen LogP contribution < -0.4 is 5.32 Å². The number of rotatable bonds is 3. The van der Waals surface area contributed by atoms with Gasteiger partial charge in [-0.1, -0.05) is 5.92 Å². The van der Waals surface area contributed by atoms with Crippen LogP contribution >= 0.6 is 0 Å². The van der Waals surface area contributed by atoms with Gasteiger partial charge in [-0.15, -0.1) is 0 Å². The number of nitrogens with one attached hydrogen (secondary N) is 1. The number of fused-ring (bicyclic) bond motifs is 1. The lowest BCUT2D eigenvalue weighted by Crippen LogP contribution is -2.13. The van der Waals surface area contributed by atoms with E-state index in [1.807, 2.05) is 54.9 Å². The van der Waals surface area contributed by atoms with E-state index in [2.05, 4.69) is 37.2 Å². The van der Waals surface area contributed by atoms with Crippen molar-refractivity contribution in [3.8, 4) is 17.5 Å². The molecule has 0 fully saturated rings. The Balaban J connectivity index is 1.38. The normalized spacial score (nSPS) is 10.6. The zero-order valence-corrected chi connectivity index (χ0v) is 18.0. The van der Waals surface area contributed by atoms with Crippen molar-refractivity contribution in [1.29, 1.82) is 0 Å². The molecule has 4 aromatic heterocycles. The number of hydrogen-bond donors (Lipinski definition) is 1. The van der Waals surface area contributed by atoms with E-state index in [9.17, 15) is 4.79 Å². The van der Waals surface area contributed by atoms with Crippen molar-refractivity contribution in [2.45, 2.75) is 13.8 Å². The average molecular weight is 433 g/mol. The van der Waals surface area contributed by atoms with Gasteiger partial charge in [0.05, 0.1) is 23.8 Å². The summed E-state index contributed by atoms with van der Waals surface area (Å²) < 4.78 is 3.58. The molecule has 33 heavy (non-hydrogen) atoms. The topological polar surface area (TPSA) is 90.0 Å². The Morgan fingerprint density at radius 3 is 2.79 bits per heavy atom. The van der Waals surface area contributed by atoms with Crippen LogP contribution in [0.1, 0.15) is 32.9 Å². The van der Waals surface area contributed by atoms with Crippen LogP contribution in [0.25, 0.3) is 11.3 Å². The Morgan fingerprint density at radius 2 is 1.94 bits per heavy atom. The number of aromatic nitrogens is 6. The zero-order chi connectivity index (χ0) is 22.8. The lowest BCUT2D eigenvalue weighted by atomic mass is 10.1. The standard InChI is InChI=1S/C25H19N7O/c1-17-8-21(11-23(9-17)31-15-18(2)28-16-31)30-25(33)20-10-19(12-26-13-20)5-6-22-14-27-24-4-3-7-29-32(22)24/h3-4,7-16H,1-2H3,(H,30,33). The van der Waals surface area contributed by atoms with Gasteiger partial charge in [0.15, 0.2) is 5.65 Å². The van der Waals surface area contributed by atoms with Crippen molar-refractivity contribution < 1.29 is 4.79 Å². The molecule has 0 aliphatic heterocycles. The molecule has 1 aromatic carbocycles. The van der Waals surface area contributed by atoms with E-state index < -0.39 is 0 Å². The third kappa shape index (κ3) is 4.34. The van der Waals surface area contributed by atoms with Gasteiger partial charge in [-0.25, -0.2) is 14.5 Å². The molecule has 0 bridgehead atoms. The fourth-order valence-electron chi connectivity index (χ4n) is 3.43. The molecule has 5 rings (SSSR count). The first-order valence-electron chi connectivity index (χ1n) is 10.2. The number of anilines is 1. The molecule has 0 aliphatic rings. The van der Waals surface area contributed by atoms with Crippen LogP contribution in [-0.2, 0) is 0 Å². The summed E-state index contributed by atoms with van der Waals surface area (Å²) in [5.74, 6) is 5.82. The predicted octanol–water partition coefficient (Wildman–Crippen LogP) is 3.58. The number of carbonyl (C=O) groups is 1. The molecular weight excluding hydrogens is 414 g/mol. The number of carbonyl (C=O) groups excluding carboxylic acids is 1. The quantitative estimate of drug-likeness (QED) is 0.439. The van der Waals surface area contributed by atoms with Gasteiger partial charge in [-0.3, -0.25) is 9.78 Å². The lowest BCUT2D eigenvalue weighted by molar-refractivity contribution is 0.102. The highest BCUT2D eigenvalue weighted by Gasteiger charge is 2.09. The Morgan fingerprint density at radius 1 is 1.03 bits per heavy atom. The number of aryl methyl sites for hydroxylation is 2. The van der Waals surface area contributed by atoms with Crippen molar-refractivity contribution in [3.63, 3.8) is 0 Å². The fraction of sp³-hybridized carbons (Fsp3) is 0.0800. The molecular formula is C25H19N7O. The Hall–Kier alpha value is -4.77. The van der Waals surface area contributed by atoms with Gasteiger partial charge in [0, 0.05) is 41.7 Å². The summed E-state index contributed by atoms with van der Waals surface area (Å²) in [5, 5.41) is 7.20. The molecule has 1 N–H and O–H groups in total. The number of benzene rings is 1. The Bertz CT molecular complexity index is 1550. The molecule has 8 nitrogen and oxygen atoms in total. The minimum absolute atomic E-state index is 0.263. The smallest absolute Gasteiger partial charge is 0.257 e. The van der Waals surface area contributed by atoms with Gasteiger partial charge < -0.3 is 9.88 Å². The van der Waals surface area contributed by atoms with Gasteiger partial charge in [0.1, 0.15) is 5.69 Å². The molecule has 160 valence electrons. The van der Waals surface area contributed by atoms with Crippen molar-refractivity contribution in [1.82, 2.24) is 29.1 Å². The second kappa shape index (κ2) is 8.40. The molecule has 0 unspecified atom stereocenters. The van der Waals surface area contributed by atoms with E-state index in [1.54, 1.807) is 35.5 Å². The molecule has 0 saturated carbocycles. The second-order valence-electron chi connectivity index (χ2n) is 7.58. The number of nitrogens with zero attached hydrogens (tertiary/aromatic N) is 6. The summed E-state index contributed by atoms with van der Waals surface area (Å²) in [4.78, 5) is 25.6. The highest BCUT2D eigenvalue weighted by Crippen LogP contribution is 2.19. The molecule has 0 atom stereocenters. The maximum Gasteiger partial charge on any atom is 0.257 e. The van der Waals surface area contributed by atoms with Gasteiger partial charge in [0.2, 0.25) is 0 Å². The predicted molar refractivity (Wildman–Crippen MR) is 124 cm³/mol. The van der Waals surface area contributed by atoms with Crippen LogP contribution in [0.3, 0.4) is 0 Å². The molecule has 4 heterocycles. The zero-order valence-electron chi connectivity index (χ0n) is 18.0. The van der Waals surface area contributed by atoms with Gasteiger partial charge in [0.25, 0.3) is 5.91 Å². The van der Waals surface area contributed by atoms with E-state index in [4.69, 9.17) is 0 Å². The molecule has 0 aliphatic carbocycles. The van der Waals surface area contributed by atoms with Crippen LogP contribution in [0.2, 0.25) is 0 Å². The van der Waals surface area contributed by atoms with Crippen LogP contribution in [0.5, 0.6) is 0 Å². The summed E-state index contributed by atoms with van der Waals surface area (Å²) >= 11 is 0. The van der Waals surface area contributed by atoms with Crippen LogP contribution in [0.4, 0.5) is 5.69 Å². The Labute approximate surface area is 190 Å². The lowest BCUT2D eigenvalue weighted by Gasteiger charge is -2.10. The summed E-state index contributed by atoms with van der Waals surface area (Å²) in [6.07, 6.45) is 10.2. The maximum absolute atomic E-state index is 12.9. The molecule has 1 amide bonds. The number of amides is 1. The first-order chi connectivity index (χ1) is 16.0. The van der Waals surface area contributed by atoms with Gasteiger partial charge in [-0.2, -0.15) is 5.10 Å². The third-order valence-electron chi connectivity index (χ3n) is 4.94. The van der Waals surface area contributed by atoms with E-state index in [0.717, 1.165) is 22.6 Å². The van der Waals surface area contributed by atoms with Crippen LogP contribution in [0.15, 0.2) is 73.7 Å². The minimum Gasteiger partial charge on any atom is -0.322 e. The summed E-state index contributed by atoms with van der Waals surface area (Å²) in [5.41, 5.74) is 5.96. The number of imidazole rings is 2. The monoisotopic (exact) mass is 433 g/mol. The summed E-state index contributed by atoms with van der Waals surface area (Å²) in [7, 11) is 0. The van der Waals surface area contributed by atoms with Crippen molar-refractivity contribution in [2.75, 3.05) is 5.32 Å². The van der Waals surface area contributed by atoms with E-state index >= 15 is 0 Å². The molecule has 0 spiro atoms. The van der Waals surface area contributed by atoms with Gasteiger partial charge in [-0.05, 0) is 61.7 Å². The third-order valence-corrected chi connectivity index (χ3v) is 4.94. The van der Waals surface area contributed by atoms with Crippen molar-refractivity contribution >= 4 is 17.2 Å². The first kappa shape index (κ1) is 20.2. The summed E-state index contributed by atoms with van der Waals surface area (Å²) in [6, 6.07) is 11.2. The molecule has 0 radical (unpaired) electrons. The number of hydrogen-bond acceptors (Lipinski definition) is 5. The Kier molecular flexibility index (Phi) is 5.13. The highest BCUT2D eigenvalue weighted by atomic mass is 16.1. The maximum atomic E-state index is 12.9.